The largest absolute Gasteiger partial charge is 0.459 e. The third kappa shape index (κ3) is 2.94. The molecule has 4 nitrogen and oxygen atoms in total. The number of carbonyl (C=O) groups is 2. The van der Waals surface area contributed by atoms with E-state index in [0.717, 1.165) is 24.7 Å². The molecule has 0 radical (unpaired) electrons. The van der Waals surface area contributed by atoms with Crippen molar-refractivity contribution in [3.8, 4) is 0 Å². The summed E-state index contributed by atoms with van der Waals surface area (Å²) in [5.41, 5.74) is 0.316. The van der Waals surface area contributed by atoms with Crippen LogP contribution < -0.4 is 0 Å². The third-order valence-electron chi connectivity index (χ3n) is 8.73. The molecule has 150 valence electrons. The Hall–Kier alpha value is -1.32. The highest BCUT2D eigenvalue weighted by molar-refractivity contribution is 5.67. The molecule has 7 unspecified atom stereocenters. The first-order chi connectivity index (χ1) is 12.8. The van der Waals surface area contributed by atoms with Gasteiger partial charge in [-0.15, -0.1) is 0 Å². The Morgan fingerprint density at radius 1 is 0.926 bits per heavy atom. The summed E-state index contributed by atoms with van der Waals surface area (Å²) in [5, 5.41) is 0. The summed E-state index contributed by atoms with van der Waals surface area (Å²) < 4.78 is 11.4. The van der Waals surface area contributed by atoms with Crippen molar-refractivity contribution in [2.75, 3.05) is 0 Å². The van der Waals surface area contributed by atoms with Crippen LogP contribution in [0.15, 0.2) is 12.2 Å². The van der Waals surface area contributed by atoms with Crippen LogP contribution in [-0.4, -0.2) is 24.1 Å². The number of rotatable bonds is 2. The van der Waals surface area contributed by atoms with Gasteiger partial charge in [-0.3, -0.25) is 9.59 Å². The number of carbonyl (C=O) groups excluding carboxylic acids is 2. The van der Waals surface area contributed by atoms with Crippen LogP contribution in [0.2, 0.25) is 0 Å². The standard InChI is InChI=1S/C23H34O4/c1-14(24)26-20-13-19-17-9-8-16-7-5-6-11-22(16,3)18(17)10-12-23(19,4)21(20)27-15(2)25/h5-6,16-21H,7-13H2,1-4H3/t16?,17?,18?,19?,20-,21?,22?,23?/m1/s1. The molecule has 0 bridgehead atoms. The normalized spacial score (nSPS) is 48.1. The molecule has 0 aromatic carbocycles. The molecule has 0 heterocycles. The third-order valence-corrected chi connectivity index (χ3v) is 8.73. The number of allylic oxidation sites excluding steroid dienone is 2. The minimum atomic E-state index is -0.304. The van der Waals surface area contributed by atoms with Crippen molar-refractivity contribution in [2.45, 2.75) is 84.8 Å². The summed E-state index contributed by atoms with van der Waals surface area (Å²) in [6, 6.07) is 0. The van der Waals surface area contributed by atoms with Gasteiger partial charge in [0.2, 0.25) is 0 Å². The second-order valence-corrected chi connectivity index (χ2v) is 10.0. The van der Waals surface area contributed by atoms with Gasteiger partial charge in [0.25, 0.3) is 0 Å². The van der Waals surface area contributed by atoms with Crippen LogP contribution in [0.25, 0.3) is 0 Å². The summed E-state index contributed by atoms with van der Waals surface area (Å²) in [7, 11) is 0. The summed E-state index contributed by atoms with van der Waals surface area (Å²) >= 11 is 0. The summed E-state index contributed by atoms with van der Waals surface area (Å²) in [4.78, 5) is 23.5. The predicted octanol–water partition coefficient (Wildman–Crippen LogP) is 4.67. The van der Waals surface area contributed by atoms with Gasteiger partial charge in [0.1, 0.15) is 12.2 Å². The fourth-order valence-corrected chi connectivity index (χ4v) is 7.49. The number of fused-ring (bicyclic) bond motifs is 5. The molecule has 4 aliphatic carbocycles. The molecular weight excluding hydrogens is 340 g/mol. The van der Waals surface area contributed by atoms with E-state index in [1.165, 1.54) is 46.0 Å². The lowest BCUT2D eigenvalue weighted by molar-refractivity contribution is -0.174. The summed E-state index contributed by atoms with van der Waals surface area (Å²) in [5.74, 6) is 2.11. The van der Waals surface area contributed by atoms with E-state index in [9.17, 15) is 9.59 Å². The van der Waals surface area contributed by atoms with Crippen molar-refractivity contribution in [2.24, 2.45) is 34.5 Å². The van der Waals surface area contributed by atoms with Gasteiger partial charge in [-0.1, -0.05) is 26.0 Å². The van der Waals surface area contributed by atoms with Crippen LogP contribution in [0, 0.1) is 34.5 Å². The van der Waals surface area contributed by atoms with E-state index >= 15 is 0 Å². The topological polar surface area (TPSA) is 52.6 Å². The molecule has 0 saturated heterocycles. The average Bonchev–Trinajstić information content (AvgIpc) is 2.86. The minimum Gasteiger partial charge on any atom is -0.459 e. The van der Waals surface area contributed by atoms with E-state index in [1.807, 2.05) is 0 Å². The molecule has 0 amide bonds. The Kier molecular flexibility index (Phi) is 4.67. The van der Waals surface area contributed by atoms with E-state index in [2.05, 4.69) is 26.0 Å². The monoisotopic (exact) mass is 374 g/mol. The number of hydrogen-bond donors (Lipinski definition) is 0. The molecular formula is C23H34O4. The van der Waals surface area contributed by atoms with Gasteiger partial charge in [-0.25, -0.2) is 0 Å². The highest BCUT2D eigenvalue weighted by atomic mass is 16.6. The Labute approximate surface area is 163 Å². The first kappa shape index (κ1) is 19.0. The van der Waals surface area contributed by atoms with E-state index in [4.69, 9.17) is 9.47 Å². The maximum atomic E-state index is 11.8. The zero-order chi connectivity index (χ0) is 19.4. The van der Waals surface area contributed by atoms with E-state index < -0.39 is 0 Å². The molecule has 0 aromatic rings. The van der Waals surface area contributed by atoms with Crippen molar-refractivity contribution in [3.63, 3.8) is 0 Å². The Bertz CT molecular complexity index is 655. The lowest BCUT2D eigenvalue weighted by atomic mass is 9.46. The second-order valence-electron chi connectivity index (χ2n) is 10.0. The van der Waals surface area contributed by atoms with Gasteiger partial charge in [0.15, 0.2) is 0 Å². The molecule has 0 spiro atoms. The lowest BCUT2D eigenvalue weighted by Gasteiger charge is -2.59. The number of esters is 2. The van der Waals surface area contributed by atoms with Crippen molar-refractivity contribution >= 4 is 11.9 Å². The highest BCUT2D eigenvalue weighted by Crippen LogP contribution is 2.66. The fourth-order valence-electron chi connectivity index (χ4n) is 7.49. The average molecular weight is 375 g/mol. The first-order valence-electron chi connectivity index (χ1n) is 10.7. The van der Waals surface area contributed by atoms with Crippen molar-refractivity contribution in [3.05, 3.63) is 12.2 Å². The van der Waals surface area contributed by atoms with Crippen molar-refractivity contribution in [1.82, 2.24) is 0 Å². The Balaban J connectivity index is 1.64. The van der Waals surface area contributed by atoms with Crippen LogP contribution >= 0.6 is 0 Å². The van der Waals surface area contributed by atoms with Crippen LogP contribution in [-0.2, 0) is 19.1 Å². The molecule has 3 fully saturated rings. The highest BCUT2D eigenvalue weighted by Gasteiger charge is 2.63. The number of ether oxygens (including phenoxy) is 2. The van der Waals surface area contributed by atoms with Crippen molar-refractivity contribution < 1.29 is 19.1 Å². The molecule has 0 aromatic heterocycles. The van der Waals surface area contributed by atoms with Gasteiger partial charge in [0, 0.05) is 19.3 Å². The van der Waals surface area contributed by atoms with E-state index in [-0.39, 0.29) is 29.6 Å². The molecule has 3 saturated carbocycles. The maximum Gasteiger partial charge on any atom is 0.303 e. The number of hydrogen-bond acceptors (Lipinski definition) is 4. The SMILES string of the molecule is CC(=O)OC1[C@H](OC(C)=O)CC2C3CCC4CC=CCC4(C)C3CCC21C. The van der Waals surface area contributed by atoms with E-state index in [1.54, 1.807) is 0 Å². The van der Waals surface area contributed by atoms with Gasteiger partial charge in [-0.2, -0.15) is 0 Å². The zero-order valence-corrected chi connectivity index (χ0v) is 17.2. The zero-order valence-electron chi connectivity index (χ0n) is 17.2. The van der Waals surface area contributed by atoms with Crippen molar-refractivity contribution in [1.29, 1.82) is 0 Å². The Morgan fingerprint density at radius 3 is 2.37 bits per heavy atom. The fraction of sp³-hybridized carbons (Fsp3) is 0.826. The molecule has 4 aliphatic rings. The summed E-state index contributed by atoms with van der Waals surface area (Å²) in [6.07, 6.45) is 12.3. The smallest absolute Gasteiger partial charge is 0.303 e. The predicted molar refractivity (Wildman–Crippen MR) is 103 cm³/mol. The maximum absolute atomic E-state index is 11.8. The quantitative estimate of drug-likeness (QED) is 0.521. The van der Waals surface area contributed by atoms with Gasteiger partial charge in [-0.05, 0) is 74.0 Å². The second kappa shape index (κ2) is 6.63. The minimum absolute atomic E-state index is 0.0827. The molecule has 0 N–H and O–H groups in total. The van der Waals surface area contributed by atoms with Crippen LogP contribution in [0.4, 0.5) is 0 Å². The summed E-state index contributed by atoms with van der Waals surface area (Å²) in [6.45, 7) is 7.72. The molecule has 4 heteroatoms. The van der Waals surface area contributed by atoms with Crippen LogP contribution in [0.5, 0.6) is 0 Å². The molecule has 4 rings (SSSR count). The molecule has 8 atom stereocenters. The molecule has 27 heavy (non-hydrogen) atoms. The van der Waals surface area contributed by atoms with Gasteiger partial charge >= 0.3 is 11.9 Å². The van der Waals surface area contributed by atoms with Crippen LogP contribution in [0.1, 0.15) is 72.6 Å². The van der Waals surface area contributed by atoms with E-state index in [0.29, 0.717) is 17.3 Å². The van der Waals surface area contributed by atoms with Crippen LogP contribution in [0.3, 0.4) is 0 Å². The van der Waals surface area contributed by atoms with Gasteiger partial charge < -0.3 is 9.47 Å². The lowest BCUT2D eigenvalue weighted by Crippen LogP contribution is -2.53. The van der Waals surface area contributed by atoms with Gasteiger partial charge in [0.05, 0.1) is 0 Å². The molecule has 0 aliphatic heterocycles. The first-order valence-corrected chi connectivity index (χ1v) is 10.7. The Morgan fingerprint density at radius 2 is 1.67 bits per heavy atom.